The van der Waals surface area contributed by atoms with E-state index in [2.05, 4.69) is 4.98 Å². The summed E-state index contributed by atoms with van der Waals surface area (Å²) in [6.45, 7) is 5.42. The molecule has 0 unspecified atom stereocenters. The lowest BCUT2D eigenvalue weighted by molar-refractivity contribution is -0.151. The van der Waals surface area contributed by atoms with Crippen molar-refractivity contribution in [1.29, 1.82) is 0 Å². The van der Waals surface area contributed by atoms with E-state index in [9.17, 15) is 9.59 Å². The molecule has 1 aromatic heterocycles. The van der Waals surface area contributed by atoms with Crippen molar-refractivity contribution in [3.8, 4) is 0 Å². The summed E-state index contributed by atoms with van der Waals surface area (Å²) < 4.78 is 5.72. The lowest BCUT2D eigenvalue weighted by atomic mass is 10.2. The van der Waals surface area contributed by atoms with Gasteiger partial charge in [-0.15, -0.1) is 11.3 Å². The van der Waals surface area contributed by atoms with Gasteiger partial charge in [-0.1, -0.05) is 23.4 Å². The molecule has 0 amide bonds. The van der Waals surface area contributed by atoms with Gasteiger partial charge in [-0.2, -0.15) is 0 Å². The van der Waals surface area contributed by atoms with Crippen LogP contribution in [0.25, 0.3) is 0 Å². The first-order valence-electron chi connectivity index (χ1n) is 4.78. The molecule has 0 aliphatic carbocycles. The Morgan fingerprint density at radius 3 is 2.71 bits per heavy atom. The monoisotopic (exact) mass is 293 g/mol. The van der Waals surface area contributed by atoms with Crippen molar-refractivity contribution in [2.24, 2.45) is 0 Å². The third-order valence-electron chi connectivity index (χ3n) is 1.43. The number of carbonyl (C=O) groups excluding carboxylic acids is 2. The van der Waals surface area contributed by atoms with Gasteiger partial charge in [0.25, 0.3) is 0 Å². The third-order valence-corrected chi connectivity index (χ3v) is 3.93. The van der Waals surface area contributed by atoms with Gasteiger partial charge < -0.3 is 4.74 Å². The lowest BCUT2D eigenvalue weighted by Crippen LogP contribution is -2.24. The van der Waals surface area contributed by atoms with Gasteiger partial charge in [0, 0.05) is 0 Å². The number of rotatable bonds is 4. The summed E-state index contributed by atoms with van der Waals surface area (Å²) in [6.07, 6.45) is 0.650. The fourth-order valence-electron chi connectivity index (χ4n) is 0.920. The Labute approximate surface area is 113 Å². The zero-order valence-electron chi connectivity index (χ0n) is 9.65. The second kappa shape index (κ2) is 5.84. The molecule has 0 saturated carbocycles. The first-order valence-corrected chi connectivity index (χ1v) is 6.96. The maximum atomic E-state index is 11.4. The summed E-state index contributed by atoms with van der Waals surface area (Å²) in [6, 6.07) is 0. The van der Waals surface area contributed by atoms with Crippen LogP contribution in [-0.2, 0) is 9.53 Å². The molecule has 0 N–H and O–H groups in total. The number of esters is 1. The molecule has 0 bridgehead atoms. The van der Waals surface area contributed by atoms with Gasteiger partial charge in [-0.05, 0) is 20.8 Å². The topological polar surface area (TPSA) is 56.3 Å². The SMILES string of the molecule is CC(C)(C)OC(=O)CSc1nc(Cl)c(C=O)s1. The fourth-order valence-corrected chi connectivity index (χ4v) is 2.91. The number of ether oxygens (including phenoxy) is 1. The van der Waals surface area contributed by atoms with Gasteiger partial charge in [0.05, 0.1) is 5.75 Å². The highest BCUT2D eigenvalue weighted by Crippen LogP contribution is 2.29. The van der Waals surface area contributed by atoms with Crippen LogP contribution in [0.4, 0.5) is 0 Å². The zero-order valence-corrected chi connectivity index (χ0v) is 12.0. The van der Waals surface area contributed by atoms with E-state index in [-0.39, 0.29) is 16.9 Å². The molecule has 0 radical (unpaired) electrons. The first-order chi connectivity index (χ1) is 7.81. The van der Waals surface area contributed by atoms with Crippen LogP contribution < -0.4 is 0 Å². The maximum Gasteiger partial charge on any atom is 0.316 e. The second-order valence-electron chi connectivity index (χ2n) is 4.13. The minimum atomic E-state index is -0.494. The molecule has 1 rings (SSSR count). The highest BCUT2D eigenvalue weighted by atomic mass is 35.5. The molecule has 0 saturated heterocycles. The summed E-state index contributed by atoms with van der Waals surface area (Å²) >= 11 is 8.08. The average molecular weight is 294 g/mol. The van der Waals surface area contributed by atoms with Crippen LogP contribution in [0.1, 0.15) is 30.4 Å². The van der Waals surface area contributed by atoms with Gasteiger partial charge in [0.15, 0.2) is 15.8 Å². The molecular weight excluding hydrogens is 282 g/mol. The maximum absolute atomic E-state index is 11.4. The van der Waals surface area contributed by atoms with Crippen molar-refractivity contribution in [2.45, 2.75) is 30.7 Å². The Balaban J connectivity index is 2.50. The Kier molecular flexibility index (Phi) is 4.97. The fraction of sp³-hybridized carbons (Fsp3) is 0.500. The Morgan fingerprint density at radius 2 is 2.24 bits per heavy atom. The molecule has 4 nitrogen and oxygen atoms in total. The number of thiazole rings is 1. The largest absolute Gasteiger partial charge is 0.459 e. The number of carbonyl (C=O) groups is 2. The standard InChI is InChI=1S/C10H12ClNO3S2/c1-10(2,3)15-7(14)5-16-9-12-8(11)6(4-13)17-9/h4H,5H2,1-3H3. The molecule has 1 aromatic rings. The van der Waals surface area contributed by atoms with E-state index in [1.807, 2.05) is 0 Å². The molecule has 0 fully saturated rings. The molecule has 17 heavy (non-hydrogen) atoms. The summed E-state index contributed by atoms with van der Waals surface area (Å²) in [5.41, 5.74) is -0.494. The van der Waals surface area contributed by atoms with E-state index in [0.29, 0.717) is 15.5 Å². The van der Waals surface area contributed by atoms with Crippen LogP contribution in [0, 0.1) is 0 Å². The van der Waals surface area contributed by atoms with Gasteiger partial charge in [-0.25, -0.2) is 4.98 Å². The van der Waals surface area contributed by atoms with Crippen LogP contribution >= 0.6 is 34.7 Å². The first kappa shape index (κ1) is 14.5. The van der Waals surface area contributed by atoms with Crippen molar-refractivity contribution in [1.82, 2.24) is 4.98 Å². The van der Waals surface area contributed by atoms with Crippen LogP contribution in [0.3, 0.4) is 0 Å². The van der Waals surface area contributed by atoms with Gasteiger partial charge in [-0.3, -0.25) is 9.59 Å². The number of aromatic nitrogens is 1. The van der Waals surface area contributed by atoms with Crippen LogP contribution in [0.5, 0.6) is 0 Å². The number of halogens is 1. The number of hydrogen-bond donors (Lipinski definition) is 0. The minimum Gasteiger partial charge on any atom is -0.459 e. The molecule has 94 valence electrons. The number of hydrogen-bond acceptors (Lipinski definition) is 6. The molecule has 7 heteroatoms. The van der Waals surface area contributed by atoms with E-state index in [1.165, 1.54) is 11.8 Å². The van der Waals surface area contributed by atoms with Crippen LogP contribution in [0.2, 0.25) is 5.15 Å². The predicted molar refractivity (Wildman–Crippen MR) is 69.1 cm³/mol. The number of thioether (sulfide) groups is 1. The van der Waals surface area contributed by atoms with E-state index in [0.717, 1.165) is 11.3 Å². The highest BCUT2D eigenvalue weighted by Gasteiger charge is 2.17. The van der Waals surface area contributed by atoms with E-state index >= 15 is 0 Å². The normalized spacial score (nSPS) is 11.3. The molecule has 0 spiro atoms. The molecular formula is C10H12ClNO3S2. The van der Waals surface area contributed by atoms with Crippen LogP contribution in [-0.4, -0.2) is 28.6 Å². The highest BCUT2D eigenvalue weighted by molar-refractivity contribution is 8.01. The van der Waals surface area contributed by atoms with Gasteiger partial charge in [0.1, 0.15) is 10.5 Å². The quantitative estimate of drug-likeness (QED) is 0.485. The van der Waals surface area contributed by atoms with Crippen molar-refractivity contribution < 1.29 is 14.3 Å². The Hall–Kier alpha value is -0.590. The van der Waals surface area contributed by atoms with Crippen molar-refractivity contribution in [2.75, 3.05) is 5.75 Å². The van der Waals surface area contributed by atoms with E-state index in [1.54, 1.807) is 20.8 Å². The van der Waals surface area contributed by atoms with E-state index in [4.69, 9.17) is 16.3 Å². The third kappa shape index (κ3) is 5.06. The molecule has 0 aliphatic heterocycles. The second-order valence-corrected chi connectivity index (χ2v) is 6.74. The summed E-state index contributed by atoms with van der Waals surface area (Å²) in [5.74, 6) is -0.166. The van der Waals surface area contributed by atoms with Gasteiger partial charge >= 0.3 is 5.97 Å². The Bertz CT molecular complexity index is 426. The molecule has 1 heterocycles. The van der Waals surface area contributed by atoms with Crippen molar-refractivity contribution >= 4 is 47.0 Å². The summed E-state index contributed by atoms with van der Waals surface area (Å²) in [4.78, 5) is 26.3. The molecule has 0 aliphatic rings. The summed E-state index contributed by atoms with van der Waals surface area (Å²) in [7, 11) is 0. The Morgan fingerprint density at radius 1 is 1.59 bits per heavy atom. The number of aldehydes is 1. The average Bonchev–Trinajstić information content (AvgIpc) is 2.53. The smallest absolute Gasteiger partial charge is 0.316 e. The predicted octanol–water partition coefficient (Wildman–Crippen LogP) is 3.04. The molecule has 0 atom stereocenters. The van der Waals surface area contributed by atoms with Crippen molar-refractivity contribution in [3.63, 3.8) is 0 Å². The van der Waals surface area contributed by atoms with Gasteiger partial charge in [0.2, 0.25) is 0 Å². The molecule has 0 aromatic carbocycles. The minimum absolute atomic E-state index is 0.152. The summed E-state index contributed by atoms with van der Waals surface area (Å²) in [5, 5.41) is 0.177. The van der Waals surface area contributed by atoms with Crippen LogP contribution in [0.15, 0.2) is 4.34 Å². The zero-order chi connectivity index (χ0) is 13.1. The van der Waals surface area contributed by atoms with Crippen molar-refractivity contribution in [3.05, 3.63) is 10.0 Å². The lowest BCUT2D eigenvalue weighted by Gasteiger charge is -2.18. The van der Waals surface area contributed by atoms with E-state index < -0.39 is 5.60 Å². The number of nitrogens with zero attached hydrogens (tertiary/aromatic N) is 1.